The highest BCUT2D eigenvalue weighted by Gasteiger charge is 2.20. The maximum atomic E-state index is 9.81. The van der Waals surface area contributed by atoms with E-state index < -0.39 is 0 Å². The summed E-state index contributed by atoms with van der Waals surface area (Å²) >= 11 is 10.8. The molecule has 3 aromatic carbocycles. The molecule has 11 heteroatoms. The minimum Gasteiger partial charge on any atom is -0.488 e. The van der Waals surface area contributed by atoms with Crippen molar-refractivity contribution in [2.24, 2.45) is 0 Å². The molecule has 0 aliphatic carbocycles. The average molecular weight is 770 g/mol. The number of hydrogen-bond acceptors (Lipinski definition) is 8. The number of halogens is 2. The Labute approximate surface area is 312 Å². The van der Waals surface area contributed by atoms with Crippen molar-refractivity contribution in [3.63, 3.8) is 0 Å². The number of rotatable bonds is 14. The molecule has 2 aliphatic rings. The molecule has 2 saturated heterocycles. The fourth-order valence-corrected chi connectivity index (χ4v) is 7.93. The van der Waals surface area contributed by atoms with Gasteiger partial charge in [0.2, 0.25) is 0 Å². The average Bonchev–Trinajstić information content (AvgIpc) is 3.92. The number of nitrogens with zero attached hydrogens (tertiary/aromatic N) is 6. The normalized spacial score (nSPS) is 16.5. The lowest BCUT2D eigenvalue weighted by atomic mass is 10.00. The van der Waals surface area contributed by atoms with Gasteiger partial charge in [0.1, 0.15) is 30.8 Å². The molecule has 0 amide bonds. The van der Waals surface area contributed by atoms with E-state index >= 15 is 0 Å². The van der Waals surface area contributed by atoms with Gasteiger partial charge >= 0.3 is 0 Å². The smallest absolute Gasteiger partial charge is 0.142 e. The van der Waals surface area contributed by atoms with Gasteiger partial charge in [-0.2, -0.15) is 10.4 Å². The number of likely N-dealkylation sites (tertiary alicyclic amines) is 2. The fraction of sp³-hybridized carbons (Fsp3) is 0.375. The third-order valence-corrected chi connectivity index (χ3v) is 11.0. The van der Waals surface area contributed by atoms with Crippen LogP contribution in [0.1, 0.15) is 54.4 Å². The molecule has 264 valence electrons. The lowest BCUT2D eigenvalue weighted by Crippen LogP contribution is -2.23. The highest BCUT2D eigenvalue weighted by molar-refractivity contribution is 9.10. The number of aryl methyl sites for hydroxylation is 1. The maximum Gasteiger partial charge on any atom is 0.142 e. The molecule has 5 aromatic rings. The van der Waals surface area contributed by atoms with Gasteiger partial charge in [-0.05, 0) is 97.0 Å². The standard InChI is InChI=1S/C40H42BrClN6O3/c41-40-30(7-5-9-34(40)33-8-6-10-37-35(33)23-45-48(37)15-4-3-14-47-16-11-32(49)25-47)27-51-39-19-38(50-26-29-17-28(20-43)21-44-22-29)31(18-36(39)42)24-46-12-1-2-13-46/h5-10,17-19,21-23,32,49H,1-4,11-16,24-27H2/t32-/m1/s1. The Hall–Kier alpha value is -3.98. The maximum absolute atomic E-state index is 9.81. The van der Waals surface area contributed by atoms with E-state index in [1.807, 2.05) is 18.3 Å². The minimum atomic E-state index is -0.173. The molecule has 1 atom stereocenters. The van der Waals surface area contributed by atoms with E-state index in [1.165, 1.54) is 12.8 Å². The van der Waals surface area contributed by atoms with Crippen molar-refractivity contribution in [3.05, 3.63) is 105 Å². The first-order valence-corrected chi connectivity index (χ1v) is 18.9. The summed E-state index contributed by atoms with van der Waals surface area (Å²) in [5.41, 5.74) is 6.59. The molecule has 0 unspecified atom stereocenters. The van der Waals surface area contributed by atoms with Gasteiger partial charge in [0, 0.05) is 71.2 Å². The van der Waals surface area contributed by atoms with Gasteiger partial charge in [-0.15, -0.1) is 0 Å². The van der Waals surface area contributed by atoms with Gasteiger partial charge in [0.25, 0.3) is 0 Å². The number of aliphatic hydroxyl groups excluding tert-OH is 1. The molecule has 0 saturated carbocycles. The van der Waals surface area contributed by atoms with Crippen LogP contribution in [0.2, 0.25) is 5.02 Å². The van der Waals surface area contributed by atoms with Gasteiger partial charge in [-0.3, -0.25) is 14.6 Å². The Bertz CT molecular complexity index is 2020. The SMILES string of the molecule is N#Cc1cncc(COc2cc(OCc3cccc(-c4cccc5c4cnn5CCCCN4CC[C@@H](O)C4)c3Br)c(Cl)cc2CN2CCCC2)c1. The highest BCUT2D eigenvalue weighted by Crippen LogP contribution is 2.38. The van der Waals surface area contributed by atoms with Gasteiger partial charge in [-0.25, -0.2) is 0 Å². The topological polar surface area (TPSA) is 99.7 Å². The monoisotopic (exact) mass is 768 g/mol. The summed E-state index contributed by atoms with van der Waals surface area (Å²) in [6.07, 6.45) is 10.4. The largest absolute Gasteiger partial charge is 0.488 e. The first kappa shape index (κ1) is 35.4. The number of aromatic nitrogens is 3. The highest BCUT2D eigenvalue weighted by atomic mass is 79.9. The van der Waals surface area contributed by atoms with Gasteiger partial charge in [0.15, 0.2) is 0 Å². The number of β-amino-alcohol motifs (C(OH)–C–C–N with tert-alkyl or cyclic N) is 1. The van der Waals surface area contributed by atoms with Crippen molar-refractivity contribution < 1.29 is 14.6 Å². The number of hydrogen-bond donors (Lipinski definition) is 1. The van der Waals surface area contributed by atoms with Crippen LogP contribution >= 0.6 is 27.5 Å². The first-order valence-electron chi connectivity index (χ1n) is 17.7. The molecule has 0 spiro atoms. The number of aliphatic hydroxyl groups is 1. The summed E-state index contributed by atoms with van der Waals surface area (Å²) in [6, 6.07) is 20.4. The molecule has 4 heterocycles. The summed E-state index contributed by atoms with van der Waals surface area (Å²) in [7, 11) is 0. The summed E-state index contributed by atoms with van der Waals surface area (Å²) < 4.78 is 15.8. The molecule has 0 bridgehead atoms. The van der Waals surface area contributed by atoms with Crippen LogP contribution in [0.5, 0.6) is 11.5 Å². The molecule has 2 fully saturated rings. The Morgan fingerprint density at radius 3 is 2.51 bits per heavy atom. The second kappa shape index (κ2) is 16.6. The Kier molecular flexibility index (Phi) is 11.5. The predicted molar refractivity (Wildman–Crippen MR) is 203 cm³/mol. The second-order valence-corrected chi connectivity index (χ2v) is 14.7. The molecular formula is C40H42BrClN6O3. The molecule has 51 heavy (non-hydrogen) atoms. The van der Waals surface area contributed by atoms with Crippen LogP contribution in [-0.4, -0.2) is 68.5 Å². The van der Waals surface area contributed by atoms with Crippen LogP contribution in [0.25, 0.3) is 22.0 Å². The van der Waals surface area contributed by atoms with Crippen molar-refractivity contribution in [1.82, 2.24) is 24.6 Å². The van der Waals surface area contributed by atoms with Crippen LogP contribution in [0.4, 0.5) is 0 Å². The summed E-state index contributed by atoms with van der Waals surface area (Å²) in [5, 5.41) is 25.5. The van der Waals surface area contributed by atoms with Crippen LogP contribution in [-0.2, 0) is 26.3 Å². The van der Waals surface area contributed by atoms with E-state index in [-0.39, 0.29) is 12.7 Å². The van der Waals surface area contributed by atoms with E-state index in [4.69, 9.17) is 26.2 Å². The molecule has 2 aromatic heterocycles. The summed E-state index contributed by atoms with van der Waals surface area (Å²) in [6.45, 7) is 7.06. The number of nitriles is 1. The molecular weight excluding hydrogens is 728 g/mol. The van der Waals surface area contributed by atoms with Gasteiger partial charge in [0.05, 0.1) is 28.4 Å². The molecule has 7 rings (SSSR count). The zero-order valence-corrected chi connectivity index (χ0v) is 30.9. The third-order valence-electron chi connectivity index (χ3n) is 9.81. The number of fused-ring (bicyclic) bond motifs is 1. The van der Waals surface area contributed by atoms with Gasteiger partial charge < -0.3 is 19.5 Å². The summed E-state index contributed by atoms with van der Waals surface area (Å²) in [4.78, 5) is 8.93. The third kappa shape index (κ3) is 8.57. The van der Waals surface area contributed by atoms with Crippen molar-refractivity contribution in [3.8, 4) is 28.7 Å². The van der Waals surface area contributed by atoms with E-state index in [9.17, 15) is 10.4 Å². The number of unbranched alkanes of at least 4 members (excludes halogenated alkanes) is 1. The summed E-state index contributed by atoms with van der Waals surface area (Å²) in [5.74, 6) is 1.25. The minimum absolute atomic E-state index is 0.173. The zero-order valence-electron chi connectivity index (χ0n) is 28.6. The van der Waals surface area contributed by atoms with E-state index in [2.05, 4.69) is 77.9 Å². The van der Waals surface area contributed by atoms with Crippen LogP contribution in [0, 0.1) is 11.3 Å². The van der Waals surface area contributed by atoms with Crippen LogP contribution in [0.15, 0.2) is 77.7 Å². The quantitative estimate of drug-likeness (QED) is 0.114. The Balaban J connectivity index is 1.06. The predicted octanol–water partition coefficient (Wildman–Crippen LogP) is 7.99. The lowest BCUT2D eigenvalue weighted by Gasteiger charge is -2.20. The molecule has 1 N–H and O–H groups in total. The van der Waals surface area contributed by atoms with Crippen molar-refractivity contribution in [2.75, 3.05) is 32.7 Å². The molecule has 9 nitrogen and oxygen atoms in total. The zero-order chi connectivity index (χ0) is 35.2. The van der Waals surface area contributed by atoms with Crippen LogP contribution < -0.4 is 9.47 Å². The molecule has 2 aliphatic heterocycles. The Morgan fingerprint density at radius 1 is 0.882 bits per heavy atom. The first-order chi connectivity index (χ1) is 24.9. The van der Waals surface area contributed by atoms with E-state index in [0.29, 0.717) is 28.7 Å². The van der Waals surface area contributed by atoms with Crippen molar-refractivity contribution in [1.29, 1.82) is 5.26 Å². The lowest BCUT2D eigenvalue weighted by molar-refractivity contribution is 0.175. The Morgan fingerprint density at radius 2 is 1.69 bits per heavy atom. The van der Waals surface area contributed by atoms with Crippen molar-refractivity contribution >= 4 is 38.4 Å². The second-order valence-electron chi connectivity index (χ2n) is 13.5. The molecule has 0 radical (unpaired) electrons. The van der Waals surface area contributed by atoms with Crippen molar-refractivity contribution in [2.45, 2.75) is 64.5 Å². The van der Waals surface area contributed by atoms with Crippen LogP contribution in [0.3, 0.4) is 0 Å². The number of benzene rings is 3. The number of pyridine rings is 1. The van der Waals surface area contributed by atoms with E-state index in [0.717, 1.165) is 108 Å². The fourth-order valence-electron chi connectivity index (χ4n) is 7.10. The van der Waals surface area contributed by atoms with Gasteiger partial charge in [-0.1, -0.05) is 41.9 Å². The number of ether oxygens (including phenoxy) is 2. The van der Waals surface area contributed by atoms with E-state index in [1.54, 1.807) is 18.5 Å².